The van der Waals surface area contributed by atoms with E-state index >= 15 is 0 Å². The van der Waals surface area contributed by atoms with Crippen molar-refractivity contribution in [2.75, 3.05) is 6.54 Å². The summed E-state index contributed by atoms with van der Waals surface area (Å²) in [5, 5.41) is 0.555. The predicted molar refractivity (Wildman–Crippen MR) is 116 cm³/mol. The maximum Gasteiger partial charge on any atom is 0.266 e. The number of rotatable bonds is 5. The topological polar surface area (TPSA) is 55.2 Å². The van der Waals surface area contributed by atoms with Gasteiger partial charge in [0, 0.05) is 16.9 Å². The SMILES string of the molecule is CCN(C(=O)C(C)C)C(C)c1nc2ccccc2c(=O)n1-c1ccc(Br)cc1. The Bertz CT molecular complexity index is 1060. The van der Waals surface area contributed by atoms with Crippen LogP contribution in [0.5, 0.6) is 0 Å². The summed E-state index contributed by atoms with van der Waals surface area (Å²) in [7, 11) is 0. The highest BCUT2D eigenvalue weighted by Crippen LogP contribution is 2.24. The van der Waals surface area contributed by atoms with Crippen molar-refractivity contribution in [2.24, 2.45) is 5.92 Å². The van der Waals surface area contributed by atoms with Crippen molar-refractivity contribution in [3.8, 4) is 5.69 Å². The lowest BCUT2D eigenvalue weighted by molar-refractivity contribution is -0.136. The highest BCUT2D eigenvalue weighted by molar-refractivity contribution is 9.10. The minimum absolute atomic E-state index is 0.0414. The molecule has 5 nitrogen and oxygen atoms in total. The normalized spacial score (nSPS) is 12.4. The van der Waals surface area contributed by atoms with Crippen LogP contribution in [0, 0.1) is 5.92 Å². The summed E-state index contributed by atoms with van der Waals surface area (Å²) in [5.74, 6) is 0.470. The number of para-hydroxylation sites is 1. The number of benzene rings is 2. The van der Waals surface area contributed by atoms with E-state index in [1.807, 2.05) is 70.2 Å². The van der Waals surface area contributed by atoms with Crippen LogP contribution < -0.4 is 5.56 Å². The number of carbonyl (C=O) groups is 1. The lowest BCUT2D eigenvalue weighted by Gasteiger charge is -2.30. The third kappa shape index (κ3) is 3.74. The van der Waals surface area contributed by atoms with Gasteiger partial charge in [0.25, 0.3) is 5.56 Å². The zero-order valence-electron chi connectivity index (χ0n) is 16.5. The molecule has 1 atom stereocenters. The minimum atomic E-state index is -0.346. The summed E-state index contributed by atoms with van der Waals surface area (Å²) in [6.45, 7) is 8.18. The molecule has 0 spiro atoms. The average molecular weight is 442 g/mol. The molecule has 0 bridgehead atoms. The van der Waals surface area contributed by atoms with Crippen LogP contribution in [-0.4, -0.2) is 26.9 Å². The molecule has 0 aliphatic carbocycles. The van der Waals surface area contributed by atoms with Crippen LogP contribution in [-0.2, 0) is 4.79 Å². The first kappa shape index (κ1) is 20.3. The molecule has 1 amide bonds. The molecule has 1 unspecified atom stereocenters. The van der Waals surface area contributed by atoms with E-state index in [0.29, 0.717) is 23.3 Å². The third-order valence-electron chi connectivity index (χ3n) is 4.85. The summed E-state index contributed by atoms with van der Waals surface area (Å²) in [6.07, 6.45) is 0. The van der Waals surface area contributed by atoms with Gasteiger partial charge in [0.15, 0.2) is 0 Å². The molecule has 1 heterocycles. The minimum Gasteiger partial charge on any atom is -0.333 e. The van der Waals surface area contributed by atoms with E-state index in [1.54, 1.807) is 15.5 Å². The smallest absolute Gasteiger partial charge is 0.266 e. The first-order valence-corrected chi connectivity index (χ1v) is 10.2. The fourth-order valence-electron chi connectivity index (χ4n) is 3.36. The van der Waals surface area contributed by atoms with Gasteiger partial charge in [-0.15, -0.1) is 0 Å². The Morgan fingerprint density at radius 1 is 1.11 bits per heavy atom. The predicted octanol–water partition coefficient (Wildman–Crippen LogP) is 4.71. The van der Waals surface area contributed by atoms with E-state index in [0.717, 1.165) is 10.2 Å². The van der Waals surface area contributed by atoms with Gasteiger partial charge in [0.2, 0.25) is 5.91 Å². The highest BCUT2D eigenvalue weighted by Gasteiger charge is 2.27. The van der Waals surface area contributed by atoms with Crippen LogP contribution in [0.15, 0.2) is 57.8 Å². The largest absolute Gasteiger partial charge is 0.333 e. The van der Waals surface area contributed by atoms with Crippen molar-refractivity contribution in [1.29, 1.82) is 0 Å². The molecule has 0 radical (unpaired) electrons. The van der Waals surface area contributed by atoms with Gasteiger partial charge in [-0.3, -0.25) is 14.2 Å². The molecule has 28 heavy (non-hydrogen) atoms. The second-order valence-corrected chi connectivity index (χ2v) is 7.97. The molecule has 0 saturated heterocycles. The molecule has 0 fully saturated rings. The summed E-state index contributed by atoms with van der Waals surface area (Å²) in [5.41, 5.74) is 1.22. The van der Waals surface area contributed by atoms with Crippen molar-refractivity contribution >= 4 is 32.7 Å². The number of aromatic nitrogens is 2. The van der Waals surface area contributed by atoms with E-state index in [1.165, 1.54) is 0 Å². The van der Waals surface area contributed by atoms with Crippen molar-refractivity contribution in [1.82, 2.24) is 14.5 Å². The van der Waals surface area contributed by atoms with Crippen LogP contribution in [0.4, 0.5) is 0 Å². The second-order valence-electron chi connectivity index (χ2n) is 7.06. The van der Waals surface area contributed by atoms with E-state index in [9.17, 15) is 9.59 Å². The van der Waals surface area contributed by atoms with Crippen molar-refractivity contribution in [2.45, 2.75) is 33.7 Å². The molecule has 3 rings (SSSR count). The molecule has 0 N–H and O–H groups in total. The Balaban J connectivity index is 2.28. The molecule has 1 aromatic heterocycles. The van der Waals surface area contributed by atoms with Gasteiger partial charge in [0.05, 0.1) is 22.6 Å². The Labute approximate surface area is 173 Å². The molecule has 2 aromatic carbocycles. The number of halogens is 1. The molecule has 6 heteroatoms. The Hall–Kier alpha value is -2.47. The molecule has 3 aromatic rings. The van der Waals surface area contributed by atoms with Gasteiger partial charge < -0.3 is 4.90 Å². The zero-order valence-corrected chi connectivity index (χ0v) is 18.1. The van der Waals surface area contributed by atoms with Crippen LogP contribution in [0.25, 0.3) is 16.6 Å². The quantitative estimate of drug-likeness (QED) is 0.575. The monoisotopic (exact) mass is 441 g/mol. The van der Waals surface area contributed by atoms with Crippen molar-refractivity contribution in [3.63, 3.8) is 0 Å². The highest BCUT2D eigenvalue weighted by atomic mass is 79.9. The number of hydrogen-bond acceptors (Lipinski definition) is 3. The Kier molecular flexibility index (Phi) is 5.98. The average Bonchev–Trinajstić information content (AvgIpc) is 2.69. The lowest BCUT2D eigenvalue weighted by Crippen LogP contribution is -2.39. The summed E-state index contributed by atoms with van der Waals surface area (Å²) >= 11 is 3.44. The van der Waals surface area contributed by atoms with Gasteiger partial charge in [-0.25, -0.2) is 4.98 Å². The first-order chi connectivity index (χ1) is 13.3. The van der Waals surface area contributed by atoms with Crippen LogP contribution in [0.1, 0.15) is 39.6 Å². The van der Waals surface area contributed by atoms with Gasteiger partial charge in [-0.2, -0.15) is 0 Å². The van der Waals surface area contributed by atoms with Crippen molar-refractivity contribution in [3.05, 3.63) is 69.2 Å². The molecular formula is C22H24BrN3O2. The Morgan fingerprint density at radius 3 is 2.36 bits per heavy atom. The third-order valence-corrected chi connectivity index (χ3v) is 5.37. The van der Waals surface area contributed by atoms with Crippen LogP contribution in [0.3, 0.4) is 0 Å². The van der Waals surface area contributed by atoms with E-state index < -0.39 is 0 Å². The summed E-state index contributed by atoms with van der Waals surface area (Å²) < 4.78 is 2.55. The maximum atomic E-state index is 13.4. The molecular weight excluding hydrogens is 418 g/mol. The van der Waals surface area contributed by atoms with Crippen LogP contribution >= 0.6 is 15.9 Å². The van der Waals surface area contributed by atoms with Crippen molar-refractivity contribution < 1.29 is 4.79 Å². The molecule has 0 aliphatic rings. The lowest BCUT2D eigenvalue weighted by atomic mass is 10.1. The first-order valence-electron chi connectivity index (χ1n) is 9.43. The number of hydrogen-bond donors (Lipinski definition) is 0. The van der Waals surface area contributed by atoms with E-state index in [-0.39, 0.29) is 23.4 Å². The van der Waals surface area contributed by atoms with Gasteiger partial charge in [-0.1, -0.05) is 41.9 Å². The number of amides is 1. The zero-order chi connectivity index (χ0) is 20.4. The second kappa shape index (κ2) is 8.27. The number of nitrogens with zero attached hydrogens (tertiary/aromatic N) is 3. The number of carbonyl (C=O) groups excluding carboxylic acids is 1. The molecule has 0 aliphatic heterocycles. The molecule has 0 saturated carbocycles. The van der Waals surface area contributed by atoms with Gasteiger partial charge in [0.1, 0.15) is 5.82 Å². The van der Waals surface area contributed by atoms with E-state index in [4.69, 9.17) is 4.98 Å². The molecule has 146 valence electrons. The van der Waals surface area contributed by atoms with Gasteiger partial charge >= 0.3 is 0 Å². The summed E-state index contributed by atoms with van der Waals surface area (Å²) in [4.78, 5) is 32.7. The fourth-order valence-corrected chi connectivity index (χ4v) is 3.63. The standard InChI is InChI=1S/C22H24BrN3O2/c1-5-25(21(27)14(2)3)15(4)20-24-19-9-7-6-8-18(19)22(28)26(20)17-12-10-16(23)11-13-17/h6-15H,5H2,1-4H3. The summed E-state index contributed by atoms with van der Waals surface area (Å²) in [6, 6.07) is 14.5. The van der Waals surface area contributed by atoms with E-state index in [2.05, 4.69) is 15.9 Å². The van der Waals surface area contributed by atoms with Crippen LogP contribution in [0.2, 0.25) is 0 Å². The number of fused-ring (bicyclic) bond motifs is 1. The van der Waals surface area contributed by atoms with Gasteiger partial charge in [-0.05, 0) is 50.2 Å². The maximum absolute atomic E-state index is 13.4. The fraction of sp³-hybridized carbons (Fsp3) is 0.318. The Morgan fingerprint density at radius 2 is 1.75 bits per heavy atom.